The van der Waals surface area contributed by atoms with E-state index in [2.05, 4.69) is 15.2 Å². The third-order valence-corrected chi connectivity index (χ3v) is 4.88. The quantitative estimate of drug-likeness (QED) is 0.658. The molecule has 0 saturated heterocycles. The average Bonchev–Trinajstić information content (AvgIpc) is 2.85. The Kier molecular flexibility index (Phi) is 5.39. The monoisotopic (exact) mass is 309 g/mol. The lowest BCUT2D eigenvalue weighted by Gasteiger charge is -2.09. The topological polar surface area (TPSA) is 45.2 Å². The van der Waals surface area contributed by atoms with Crippen LogP contribution in [0.3, 0.4) is 0 Å². The first kappa shape index (κ1) is 15.3. The summed E-state index contributed by atoms with van der Waals surface area (Å²) in [6.45, 7) is 1.68. The van der Waals surface area contributed by atoms with Gasteiger partial charge in [-0.05, 0) is 51.5 Å². The lowest BCUT2D eigenvalue weighted by atomic mass is 10.2. The number of thioether (sulfide) groups is 1. The number of fused-ring (bicyclic) bond motifs is 1. The van der Waals surface area contributed by atoms with Crippen molar-refractivity contribution in [2.45, 2.75) is 10.8 Å². The van der Waals surface area contributed by atoms with Gasteiger partial charge in [0.25, 0.3) is 5.91 Å². The Balaban J connectivity index is 1.99. The minimum atomic E-state index is -0.00948. The van der Waals surface area contributed by atoms with Crippen molar-refractivity contribution in [1.82, 2.24) is 15.2 Å². The van der Waals surface area contributed by atoms with Crippen LogP contribution in [-0.4, -0.2) is 49.2 Å². The number of carbonyl (C=O) groups is 1. The molecule has 2 aromatic rings. The Morgan fingerprint density at radius 2 is 2.25 bits per heavy atom. The summed E-state index contributed by atoms with van der Waals surface area (Å²) in [4.78, 5) is 18.6. The number of nitrogens with one attached hydrogen (secondary N) is 1. The van der Waals surface area contributed by atoms with E-state index in [1.165, 1.54) is 0 Å². The Bertz CT molecular complexity index is 595. The molecule has 4 nitrogen and oxygen atoms in total. The fourth-order valence-electron chi connectivity index (χ4n) is 1.83. The maximum absolute atomic E-state index is 12.1. The molecule has 6 heteroatoms. The van der Waals surface area contributed by atoms with Crippen LogP contribution in [0.1, 0.15) is 16.8 Å². The van der Waals surface area contributed by atoms with Gasteiger partial charge in [-0.3, -0.25) is 4.79 Å². The number of nitrogens with zero attached hydrogens (tertiary/aromatic N) is 2. The van der Waals surface area contributed by atoms with Crippen molar-refractivity contribution in [3.8, 4) is 0 Å². The molecule has 0 aliphatic carbocycles. The van der Waals surface area contributed by atoms with Gasteiger partial charge in [0.05, 0.1) is 10.2 Å². The first-order valence-electron chi connectivity index (χ1n) is 6.47. The highest BCUT2D eigenvalue weighted by atomic mass is 32.2. The maximum atomic E-state index is 12.1. The van der Waals surface area contributed by atoms with Crippen LogP contribution < -0.4 is 5.32 Å². The van der Waals surface area contributed by atoms with E-state index < -0.39 is 0 Å². The summed E-state index contributed by atoms with van der Waals surface area (Å²) in [7, 11) is 4.06. The number of aromatic nitrogens is 1. The number of carbonyl (C=O) groups excluding carboxylic acids is 1. The third-order valence-electron chi connectivity index (χ3n) is 2.87. The molecule has 1 heterocycles. The SMILES string of the molecule is CSc1nc2ccc(C(=O)NCCCN(C)C)cc2s1. The first-order chi connectivity index (χ1) is 9.60. The summed E-state index contributed by atoms with van der Waals surface area (Å²) in [5.41, 5.74) is 1.67. The van der Waals surface area contributed by atoms with Crippen LogP contribution in [0, 0.1) is 0 Å². The molecule has 0 spiro atoms. The van der Waals surface area contributed by atoms with Crippen molar-refractivity contribution in [1.29, 1.82) is 0 Å². The second-order valence-electron chi connectivity index (χ2n) is 4.78. The molecular formula is C14H19N3OS2. The largest absolute Gasteiger partial charge is 0.352 e. The van der Waals surface area contributed by atoms with Crippen LogP contribution in [0.15, 0.2) is 22.5 Å². The Morgan fingerprint density at radius 3 is 2.95 bits per heavy atom. The Hall–Kier alpha value is -1.11. The van der Waals surface area contributed by atoms with Gasteiger partial charge in [0, 0.05) is 12.1 Å². The highest BCUT2D eigenvalue weighted by Crippen LogP contribution is 2.28. The van der Waals surface area contributed by atoms with Gasteiger partial charge in [-0.2, -0.15) is 0 Å². The Labute approximate surface area is 127 Å². The van der Waals surface area contributed by atoms with Gasteiger partial charge >= 0.3 is 0 Å². The zero-order valence-corrected chi connectivity index (χ0v) is 13.6. The van der Waals surface area contributed by atoms with Crippen LogP contribution in [0.4, 0.5) is 0 Å². The molecule has 0 bridgehead atoms. The summed E-state index contributed by atoms with van der Waals surface area (Å²) in [6.07, 6.45) is 2.97. The van der Waals surface area contributed by atoms with Crippen molar-refractivity contribution in [2.24, 2.45) is 0 Å². The average molecular weight is 309 g/mol. The molecule has 0 aliphatic heterocycles. The van der Waals surface area contributed by atoms with Crippen LogP contribution in [-0.2, 0) is 0 Å². The van der Waals surface area contributed by atoms with Crippen molar-refractivity contribution in [2.75, 3.05) is 33.4 Å². The summed E-state index contributed by atoms with van der Waals surface area (Å²) < 4.78 is 2.10. The van der Waals surface area contributed by atoms with Crippen LogP contribution in [0.5, 0.6) is 0 Å². The zero-order valence-electron chi connectivity index (χ0n) is 12.0. The first-order valence-corrected chi connectivity index (χ1v) is 8.52. The number of benzene rings is 1. The van der Waals surface area contributed by atoms with Crippen LogP contribution in [0.2, 0.25) is 0 Å². The molecule has 20 heavy (non-hydrogen) atoms. The van der Waals surface area contributed by atoms with E-state index in [1.54, 1.807) is 23.1 Å². The minimum absolute atomic E-state index is 0.00948. The molecule has 1 amide bonds. The summed E-state index contributed by atoms with van der Waals surface area (Å²) >= 11 is 3.26. The lowest BCUT2D eigenvalue weighted by molar-refractivity contribution is 0.0952. The Morgan fingerprint density at radius 1 is 1.45 bits per heavy atom. The second-order valence-corrected chi connectivity index (χ2v) is 6.86. The molecule has 108 valence electrons. The second kappa shape index (κ2) is 7.06. The fraction of sp³-hybridized carbons (Fsp3) is 0.429. The van der Waals surface area contributed by atoms with E-state index in [4.69, 9.17) is 0 Å². The minimum Gasteiger partial charge on any atom is -0.352 e. The predicted octanol–water partition coefficient (Wildman–Crippen LogP) is 2.70. The van der Waals surface area contributed by atoms with Gasteiger partial charge in [-0.1, -0.05) is 11.8 Å². The lowest BCUT2D eigenvalue weighted by Crippen LogP contribution is -2.27. The number of amides is 1. The molecule has 0 unspecified atom stereocenters. The smallest absolute Gasteiger partial charge is 0.251 e. The van der Waals surface area contributed by atoms with Crippen molar-refractivity contribution in [3.63, 3.8) is 0 Å². The van der Waals surface area contributed by atoms with E-state index in [-0.39, 0.29) is 5.91 Å². The van der Waals surface area contributed by atoms with E-state index in [1.807, 2.05) is 38.6 Å². The highest BCUT2D eigenvalue weighted by Gasteiger charge is 2.08. The van der Waals surface area contributed by atoms with E-state index >= 15 is 0 Å². The third kappa shape index (κ3) is 3.94. The molecule has 1 N–H and O–H groups in total. The highest BCUT2D eigenvalue weighted by molar-refractivity contribution is 8.00. The van der Waals surface area contributed by atoms with Gasteiger partial charge in [0.15, 0.2) is 4.34 Å². The number of thiazole rings is 1. The van der Waals surface area contributed by atoms with Gasteiger partial charge < -0.3 is 10.2 Å². The predicted molar refractivity (Wildman–Crippen MR) is 86.9 cm³/mol. The molecule has 1 aromatic heterocycles. The van der Waals surface area contributed by atoms with E-state index in [0.29, 0.717) is 12.1 Å². The number of rotatable bonds is 6. The molecule has 1 aromatic carbocycles. The molecule has 2 rings (SSSR count). The summed E-state index contributed by atoms with van der Waals surface area (Å²) in [5.74, 6) is -0.00948. The van der Waals surface area contributed by atoms with Gasteiger partial charge in [-0.15, -0.1) is 11.3 Å². The van der Waals surface area contributed by atoms with Crippen LogP contribution in [0.25, 0.3) is 10.2 Å². The van der Waals surface area contributed by atoms with Crippen molar-refractivity contribution < 1.29 is 4.79 Å². The molecule has 0 fully saturated rings. The van der Waals surface area contributed by atoms with Crippen LogP contribution >= 0.6 is 23.1 Å². The molecule has 0 saturated carbocycles. The zero-order chi connectivity index (χ0) is 14.5. The fourth-order valence-corrected chi connectivity index (χ4v) is 3.36. The maximum Gasteiger partial charge on any atom is 0.251 e. The molecule has 0 atom stereocenters. The van der Waals surface area contributed by atoms with E-state index in [0.717, 1.165) is 27.5 Å². The van der Waals surface area contributed by atoms with Gasteiger partial charge in [0.2, 0.25) is 0 Å². The molecule has 0 aliphatic rings. The number of hydrogen-bond acceptors (Lipinski definition) is 5. The summed E-state index contributed by atoms with van der Waals surface area (Å²) in [5, 5.41) is 2.95. The standard InChI is InChI=1S/C14H19N3OS2/c1-17(2)8-4-7-15-13(18)10-5-6-11-12(9-10)20-14(16-11)19-3/h5-6,9H,4,7-8H2,1-3H3,(H,15,18). The molecule has 0 radical (unpaired) electrons. The van der Waals surface area contributed by atoms with Gasteiger partial charge in [0.1, 0.15) is 0 Å². The summed E-state index contributed by atoms with van der Waals surface area (Å²) in [6, 6.07) is 5.68. The number of hydrogen-bond donors (Lipinski definition) is 1. The molecular weight excluding hydrogens is 290 g/mol. The van der Waals surface area contributed by atoms with Crippen molar-refractivity contribution >= 4 is 39.2 Å². The van der Waals surface area contributed by atoms with E-state index in [9.17, 15) is 4.79 Å². The van der Waals surface area contributed by atoms with Crippen molar-refractivity contribution in [3.05, 3.63) is 23.8 Å². The van der Waals surface area contributed by atoms with Gasteiger partial charge in [-0.25, -0.2) is 4.98 Å². The normalized spacial score (nSPS) is 11.2.